The van der Waals surface area contributed by atoms with E-state index in [1.54, 1.807) is 0 Å². The van der Waals surface area contributed by atoms with Crippen molar-refractivity contribution in [3.8, 4) is 6.07 Å². The minimum absolute atomic E-state index is 0.270. The number of hydrogen-bond donors (Lipinski definition) is 1. The van der Waals surface area contributed by atoms with Crippen LogP contribution in [0.1, 0.15) is 46.0 Å². The zero-order valence-corrected chi connectivity index (χ0v) is 13.2. The highest BCUT2D eigenvalue weighted by molar-refractivity contribution is 5.14. The molecule has 4 atom stereocenters. The Morgan fingerprint density at radius 3 is 2.85 bits per heavy atom. The zero-order valence-electron chi connectivity index (χ0n) is 13.2. The van der Waals surface area contributed by atoms with Crippen molar-refractivity contribution in [3.05, 3.63) is 0 Å². The van der Waals surface area contributed by atoms with Crippen LogP contribution in [0.5, 0.6) is 0 Å². The third-order valence-electron chi connectivity index (χ3n) is 5.24. The van der Waals surface area contributed by atoms with Gasteiger partial charge < -0.3 is 9.64 Å². The lowest BCUT2D eigenvalue weighted by atomic mass is 9.85. The summed E-state index contributed by atoms with van der Waals surface area (Å²) in [5, 5.41) is 13.0. The molecular formula is C16H29N3O. The number of nitriles is 1. The minimum atomic E-state index is -0.270. The lowest BCUT2D eigenvalue weighted by molar-refractivity contribution is 0.0806. The van der Waals surface area contributed by atoms with Crippen molar-refractivity contribution in [2.45, 2.75) is 63.6 Å². The largest absolute Gasteiger partial charge is 0.377 e. The smallest absolute Gasteiger partial charge is 0.109 e. The second kappa shape index (κ2) is 6.89. The first-order valence-corrected chi connectivity index (χ1v) is 8.11. The Morgan fingerprint density at radius 1 is 1.45 bits per heavy atom. The SMILES string of the molecule is CCNC1(C#N)CCCC1CCN(C)C1CCOC1C. The number of nitrogens with one attached hydrogen (secondary N) is 1. The molecule has 1 N–H and O–H groups in total. The molecule has 1 heterocycles. The fraction of sp³-hybridized carbons (Fsp3) is 0.938. The van der Waals surface area contributed by atoms with Crippen LogP contribution < -0.4 is 5.32 Å². The highest BCUT2D eigenvalue weighted by Crippen LogP contribution is 2.37. The number of hydrogen-bond acceptors (Lipinski definition) is 4. The summed E-state index contributed by atoms with van der Waals surface area (Å²) >= 11 is 0. The maximum atomic E-state index is 9.59. The monoisotopic (exact) mass is 279 g/mol. The molecule has 0 aromatic heterocycles. The molecule has 2 aliphatic rings. The number of likely N-dealkylation sites (N-methyl/N-ethyl adjacent to an activating group) is 1. The van der Waals surface area contributed by atoms with Crippen molar-refractivity contribution in [1.82, 2.24) is 10.2 Å². The average molecular weight is 279 g/mol. The van der Waals surface area contributed by atoms with E-state index in [1.807, 2.05) is 0 Å². The van der Waals surface area contributed by atoms with Crippen molar-refractivity contribution in [2.24, 2.45) is 5.92 Å². The molecule has 0 bridgehead atoms. The van der Waals surface area contributed by atoms with Crippen molar-refractivity contribution in [3.63, 3.8) is 0 Å². The summed E-state index contributed by atoms with van der Waals surface area (Å²) in [5.74, 6) is 0.493. The maximum Gasteiger partial charge on any atom is 0.109 e. The van der Waals surface area contributed by atoms with E-state index < -0.39 is 0 Å². The van der Waals surface area contributed by atoms with Crippen LogP contribution in [0.25, 0.3) is 0 Å². The van der Waals surface area contributed by atoms with E-state index in [2.05, 4.69) is 37.2 Å². The number of rotatable bonds is 6. The Labute approximate surface area is 123 Å². The minimum Gasteiger partial charge on any atom is -0.377 e. The molecule has 20 heavy (non-hydrogen) atoms. The molecular weight excluding hydrogens is 250 g/mol. The zero-order chi connectivity index (χ0) is 14.6. The molecule has 1 saturated heterocycles. The Hall–Kier alpha value is -0.630. The Morgan fingerprint density at radius 2 is 2.25 bits per heavy atom. The lowest BCUT2D eigenvalue weighted by Gasteiger charge is -2.32. The summed E-state index contributed by atoms with van der Waals surface area (Å²) in [6.45, 7) is 7.10. The van der Waals surface area contributed by atoms with Crippen LogP contribution in [0, 0.1) is 17.2 Å². The van der Waals surface area contributed by atoms with Gasteiger partial charge >= 0.3 is 0 Å². The molecule has 1 saturated carbocycles. The lowest BCUT2D eigenvalue weighted by Crippen LogP contribution is -2.48. The molecule has 4 heteroatoms. The van der Waals surface area contributed by atoms with Gasteiger partial charge in [-0.25, -0.2) is 0 Å². The van der Waals surface area contributed by atoms with Crippen LogP contribution in [0.4, 0.5) is 0 Å². The van der Waals surface area contributed by atoms with Gasteiger partial charge in [-0.2, -0.15) is 5.26 Å². The first-order chi connectivity index (χ1) is 9.63. The Balaban J connectivity index is 1.88. The predicted octanol–water partition coefficient (Wildman–Crippen LogP) is 2.16. The van der Waals surface area contributed by atoms with Gasteiger partial charge in [0, 0.05) is 12.6 Å². The van der Waals surface area contributed by atoms with Crippen LogP contribution in [-0.4, -0.2) is 49.3 Å². The van der Waals surface area contributed by atoms with Gasteiger partial charge in [-0.3, -0.25) is 5.32 Å². The molecule has 1 aliphatic carbocycles. The van der Waals surface area contributed by atoms with Crippen molar-refractivity contribution in [1.29, 1.82) is 5.26 Å². The molecule has 4 unspecified atom stereocenters. The van der Waals surface area contributed by atoms with Gasteiger partial charge in [0.15, 0.2) is 0 Å². The molecule has 0 spiro atoms. The van der Waals surface area contributed by atoms with Gasteiger partial charge in [0.05, 0.1) is 12.2 Å². The predicted molar refractivity (Wildman–Crippen MR) is 80.4 cm³/mol. The van der Waals surface area contributed by atoms with Crippen LogP contribution in [0.3, 0.4) is 0 Å². The summed E-state index contributed by atoms with van der Waals surface area (Å²) in [6, 6.07) is 3.12. The van der Waals surface area contributed by atoms with Gasteiger partial charge in [-0.1, -0.05) is 13.3 Å². The topological polar surface area (TPSA) is 48.3 Å². The Kier molecular flexibility index (Phi) is 5.42. The van der Waals surface area contributed by atoms with Gasteiger partial charge in [0.1, 0.15) is 5.54 Å². The highest BCUT2D eigenvalue weighted by atomic mass is 16.5. The van der Waals surface area contributed by atoms with Gasteiger partial charge in [0.25, 0.3) is 0 Å². The summed E-state index contributed by atoms with van der Waals surface area (Å²) in [4.78, 5) is 2.43. The highest BCUT2D eigenvalue weighted by Gasteiger charge is 2.42. The van der Waals surface area contributed by atoms with Crippen molar-refractivity contribution in [2.75, 3.05) is 26.7 Å². The summed E-state index contributed by atoms with van der Waals surface area (Å²) in [7, 11) is 2.20. The van der Waals surface area contributed by atoms with E-state index >= 15 is 0 Å². The van der Waals surface area contributed by atoms with Crippen molar-refractivity contribution >= 4 is 0 Å². The molecule has 2 fully saturated rings. The van der Waals surface area contributed by atoms with Gasteiger partial charge in [-0.05, 0) is 58.7 Å². The molecule has 0 aromatic carbocycles. The summed E-state index contributed by atoms with van der Waals surface area (Å²) < 4.78 is 5.65. The first kappa shape index (κ1) is 15.8. The van der Waals surface area contributed by atoms with Gasteiger partial charge in [0.2, 0.25) is 0 Å². The molecule has 0 amide bonds. The quantitative estimate of drug-likeness (QED) is 0.809. The van der Waals surface area contributed by atoms with Crippen molar-refractivity contribution < 1.29 is 4.74 Å². The van der Waals surface area contributed by atoms with Crippen LogP contribution in [0.15, 0.2) is 0 Å². The molecule has 0 radical (unpaired) electrons. The number of nitrogens with zero attached hydrogens (tertiary/aromatic N) is 2. The number of ether oxygens (including phenoxy) is 1. The average Bonchev–Trinajstić information content (AvgIpc) is 3.03. The fourth-order valence-corrected chi connectivity index (χ4v) is 4.03. The molecule has 4 nitrogen and oxygen atoms in total. The van der Waals surface area contributed by atoms with Crippen LogP contribution in [0.2, 0.25) is 0 Å². The standard InChI is InChI=1S/C16H29N3O/c1-4-18-16(12-17)9-5-6-14(16)7-10-19(3)15-8-11-20-13(15)2/h13-15,18H,4-11H2,1-3H3. The van der Waals surface area contributed by atoms with E-state index in [0.717, 1.165) is 39.0 Å². The summed E-state index contributed by atoms with van der Waals surface area (Å²) in [5.41, 5.74) is -0.270. The third kappa shape index (κ3) is 3.16. The molecule has 2 rings (SSSR count). The maximum absolute atomic E-state index is 9.59. The van der Waals surface area contributed by atoms with E-state index in [-0.39, 0.29) is 5.54 Å². The molecule has 0 aromatic rings. The van der Waals surface area contributed by atoms with Crippen LogP contribution in [-0.2, 0) is 4.74 Å². The van der Waals surface area contributed by atoms with E-state index in [1.165, 1.54) is 12.8 Å². The van der Waals surface area contributed by atoms with E-state index in [4.69, 9.17) is 4.74 Å². The fourth-order valence-electron chi connectivity index (χ4n) is 4.03. The second-order valence-electron chi connectivity index (χ2n) is 6.40. The molecule has 114 valence electrons. The van der Waals surface area contributed by atoms with E-state index in [9.17, 15) is 5.26 Å². The summed E-state index contributed by atoms with van der Waals surface area (Å²) in [6.07, 6.45) is 5.97. The molecule has 1 aliphatic heterocycles. The normalized spacial score (nSPS) is 37.5. The first-order valence-electron chi connectivity index (χ1n) is 8.11. The third-order valence-corrected chi connectivity index (χ3v) is 5.24. The van der Waals surface area contributed by atoms with Crippen LogP contribution >= 0.6 is 0 Å². The van der Waals surface area contributed by atoms with E-state index in [0.29, 0.717) is 18.1 Å². The second-order valence-corrected chi connectivity index (χ2v) is 6.40. The Bertz CT molecular complexity index is 354. The van der Waals surface area contributed by atoms with Gasteiger partial charge in [-0.15, -0.1) is 0 Å².